The normalized spacial score (nSPS) is 14.2. The Morgan fingerprint density at radius 3 is 2.38 bits per heavy atom. The second-order valence-corrected chi connectivity index (χ2v) is 4.07. The van der Waals surface area contributed by atoms with E-state index in [9.17, 15) is 4.79 Å². The first-order valence-electron chi connectivity index (χ1n) is 4.36. The van der Waals surface area contributed by atoms with Crippen LogP contribution >= 0.6 is 0 Å². The Balaban J connectivity index is 4.03. The molecule has 0 rings (SSSR count). The van der Waals surface area contributed by atoms with Crippen molar-refractivity contribution in [3.05, 3.63) is 0 Å². The van der Waals surface area contributed by atoms with Crippen LogP contribution in [0.4, 0.5) is 0 Å². The van der Waals surface area contributed by atoms with Gasteiger partial charge in [-0.2, -0.15) is 0 Å². The summed E-state index contributed by atoms with van der Waals surface area (Å²) in [6.07, 6.45) is 0.489. The van der Waals surface area contributed by atoms with Crippen LogP contribution in [-0.2, 0) is 9.53 Å². The topological polar surface area (TPSA) is 58.6 Å². The molecular weight excluding hydrogens is 170 g/mol. The van der Waals surface area contributed by atoms with E-state index >= 15 is 0 Å². The van der Waals surface area contributed by atoms with Crippen molar-refractivity contribution in [1.82, 2.24) is 5.32 Å². The third kappa shape index (κ3) is 6.54. The molecule has 0 saturated carbocycles. The third-order valence-corrected chi connectivity index (χ3v) is 1.52. The fraction of sp³-hybridized carbons (Fsp3) is 0.889. The largest absolute Gasteiger partial charge is 0.480 e. The van der Waals surface area contributed by atoms with Gasteiger partial charge >= 0.3 is 5.97 Å². The molecule has 0 spiro atoms. The number of carboxylic acid groups (broad SMARTS) is 1. The monoisotopic (exact) mass is 189 g/mol. The van der Waals surface area contributed by atoms with Gasteiger partial charge in [0.1, 0.15) is 6.04 Å². The van der Waals surface area contributed by atoms with Gasteiger partial charge in [0.2, 0.25) is 0 Å². The summed E-state index contributed by atoms with van der Waals surface area (Å²) < 4.78 is 4.83. The molecule has 0 aliphatic rings. The van der Waals surface area contributed by atoms with Crippen LogP contribution in [0.1, 0.15) is 27.2 Å². The molecule has 1 atom stereocenters. The Morgan fingerprint density at radius 2 is 2.08 bits per heavy atom. The number of carbonyl (C=O) groups is 1. The number of carboxylic acids is 1. The minimum atomic E-state index is -0.827. The fourth-order valence-electron chi connectivity index (χ4n) is 1.02. The van der Waals surface area contributed by atoms with E-state index in [0.29, 0.717) is 13.0 Å². The lowest BCUT2D eigenvalue weighted by Gasteiger charge is -2.25. The molecule has 0 aromatic heterocycles. The number of hydrogen-bond donors (Lipinski definition) is 2. The van der Waals surface area contributed by atoms with Crippen LogP contribution in [0.15, 0.2) is 0 Å². The second-order valence-electron chi connectivity index (χ2n) is 4.07. The first-order chi connectivity index (χ1) is 5.87. The maximum absolute atomic E-state index is 10.8. The molecule has 0 aliphatic carbocycles. The van der Waals surface area contributed by atoms with Crippen molar-refractivity contribution in [1.29, 1.82) is 0 Å². The summed E-state index contributed by atoms with van der Waals surface area (Å²) in [5.74, 6) is -0.827. The number of ether oxygens (including phenoxy) is 1. The Morgan fingerprint density at radius 1 is 1.54 bits per heavy atom. The van der Waals surface area contributed by atoms with Crippen LogP contribution in [0.2, 0.25) is 0 Å². The van der Waals surface area contributed by atoms with Gasteiger partial charge in [-0.3, -0.25) is 10.1 Å². The van der Waals surface area contributed by atoms with Gasteiger partial charge in [-0.25, -0.2) is 0 Å². The van der Waals surface area contributed by atoms with Gasteiger partial charge in [-0.1, -0.05) is 0 Å². The molecule has 0 radical (unpaired) electrons. The zero-order valence-electron chi connectivity index (χ0n) is 8.76. The average molecular weight is 189 g/mol. The quantitative estimate of drug-likeness (QED) is 0.673. The standard InChI is InChI=1S/C9H19NO3/c1-9(2,3)10-7(8(11)12)5-6-13-4/h7,10H,5-6H2,1-4H3,(H,11,12). The molecule has 1 unspecified atom stereocenters. The summed E-state index contributed by atoms with van der Waals surface area (Å²) >= 11 is 0. The summed E-state index contributed by atoms with van der Waals surface area (Å²) in [5, 5.41) is 11.9. The number of nitrogens with one attached hydrogen (secondary N) is 1. The number of aliphatic carboxylic acids is 1. The van der Waals surface area contributed by atoms with Gasteiger partial charge in [-0.15, -0.1) is 0 Å². The predicted octanol–water partition coefficient (Wildman–Crippen LogP) is 0.864. The zero-order chi connectivity index (χ0) is 10.5. The lowest BCUT2D eigenvalue weighted by Crippen LogP contribution is -2.48. The highest BCUT2D eigenvalue weighted by molar-refractivity contribution is 5.73. The third-order valence-electron chi connectivity index (χ3n) is 1.52. The van der Waals surface area contributed by atoms with Crippen molar-refractivity contribution < 1.29 is 14.6 Å². The molecule has 0 aromatic carbocycles. The van der Waals surface area contributed by atoms with E-state index in [-0.39, 0.29) is 5.54 Å². The molecule has 0 fully saturated rings. The highest BCUT2D eigenvalue weighted by Gasteiger charge is 2.22. The number of methoxy groups -OCH3 is 1. The van der Waals surface area contributed by atoms with Crippen molar-refractivity contribution in [2.45, 2.75) is 38.8 Å². The first-order valence-corrected chi connectivity index (χ1v) is 4.36. The lowest BCUT2D eigenvalue weighted by molar-refractivity contribution is -0.140. The number of rotatable bonds is 5. The second kappa shape index (κ2) is 5.19. The van der Waals surface area contributed by atoms with Crippen LogP contribution in [0.5, 0.6) is 0 Å². The highest BCUT2D eigenvalue weighted by Crippen LogP contribution is 2.04. The molecule has 78 valence electrons. The molecule has 0 aliphatic heterocycles. The molecular formula is C9H19NO3. The van der Waals surface area contributed by atoms with Gasteiger partial charge in [0.15, 0.2) is 0 Å². The molecule has 0 heterocycles. The molecule has 4 nitrogen and oxygen atoms in total. The van der Waals surface area contributed by atoms with Gasteiger partial charge in [0, 0.05) is 19.3 Å². The van der Waals surface area contributed by atoms with Crippen molar-refractivity contribution >= 4 is 5.97 Å². The van der Waals surface area contributed by atoms with E-state index in [2.05, 4.69) is 5.32 Å². The van der Waals surface area contributed by atoms with E-state index in [1.54, 1.807) is 7.11 Å². The van der Waals surface area contributed by atoms with Crippen LogP contribution in [0.25, 0.3) is 0 Å². The Hall–Kier alpha value is -0.610. The van der Waals surface area contributed by atoms with E-state index in [0.717, 1.165) is 0 Å². The van der Waals surface area contributed by atoms with Gasteiger partial charge in [-0.05, 0) is 27.2 Å². The minimum absolute atomic E-state index is 0.184. The zero-order valence-corrected chi connectivity index (χ0v) is 8.76. The van der Waals surface area contributed by atoms with Crippen molar-refractivity contribution in [2.24, 2.45) is 0 Å². The fourth-order valence-corrected chi connectivity index (χ4v) is 1.02. The Labute approximate surface area is 79.3 Å². The maximum Gasteiger partial charge on any atom is 0.320 e. The van der Waals surface area contributed by atoms with Gasteiger partial charge in [0.25, 0.3) is 0 Å². The SMILES string of the molecule is COCCC(NC(C)(C)C)C(=O)O. The van der Waals surface area contributed by atoms with Crippen LogP contribution in [0.3, 0.4) is 0 Å². The van der Waals surface area contributed by atoms with E-state index in [4.69, 9.17) is 9.84 Å². The molecule has 13 heavy (non-hydrogen) atoms. The van der Waals surface area contributed by atoms with E-state index < -0.39 is 12.0 Å². The van der Waals surface area contributed by atoms with Gasteiger partial charge in [0.05, 0.1) is 0 Å². The van der Waals surface area contributed by atoms with E-state index in [1.807, 2.05) is 20.8 Å². The summed E-state index contributed by atoms with van der Waals surface area (Å²) in [6.45, 7) is 6.28. The van der Waals surface area contributed by atoms with E-state index in [1.165, 1.54) is 0 Å². The van der Waals surface area contributed by atoms with Crippen LogP contribution in [0, 0.1) is 0 Å². The predicted molar refractivity (Wildman–Crippen MR) is 50.8 cm³/mol. The molecule has 4 heteroatoms. The van der Waals surface area contributed by atoms with Crippen molar-refractivity contribution in [3.63, 3.8) is 0 Å². The maximum atomic E-state index is 10.8. The highest BCUT2D eigenvalue weighted by atomic mass is 16.5. The summed E-state index contributed by atoms with van der Waals surface area (Å²) in [4.78, 5) is 10.8. The Bertz CT molecular complexity index is 163. The number of hydrogen-bond acceptors (Lipinski definition) is 3. The molecule has 2 N–H and O–H groups in total. The summed E-state index contributed by atoms with van der Waals surface area (Å²) in [5.41, 5.74) is -0.184. The molecule has 0 amide bonds. The van der Waals surface area contributed by atoms with Crippen molar-refractivity contribution in [3.8, 4) is 0 Å². The minimum Gasteiger partial charge on any atom is -0.480 e. The summed E-state index contributed by atoms with van der Waals surface area (Å²) in [7, 11) is 1.57. The Kier molecular flexibility index (Phi) is 4.95. The summed E-state index contributed by atoms with van der Waals surface area (Å²) in [6, 6.07) is -0.528. The van der Waals surface area contributed by atoms with Crippen LogP contribution < -0.4 is 5.32 Å². The molecule has 0 aromatic rings. The molecule has 0 bridgehead atoms. The van der Waals surface area contributed by atoms with Crippen molar-refractivity contribution in [2.75, 3.05) is 13.7 Å². The average Bonchev–Trinajstić information content (AvgIpc) is 1.95. The lowest BCUT2D eigenvalue weighted by atomic mass is 10.1. The van der Waals surface area contributed by atoms with Crippen LogP contribution in [-0.4, -0.2) is 36.4 Å². The molecule has 0 saturated heterocycles. The smallest absolute Gasteiger partial charge is 0.320 e. The van der Waals surface area contributed by atoms with Gasteiger partial charge < -0.3 is 9.84 Å². The first kappa shape index (κ1) is 12.4.